The Morgan fingerprint density at radius 1 is 1.07 bits per heavy atom. The van der Waals surface area contributed by atoms with Crippen LogP contribution in [0.3, 0.4) is 0 Å². The molecule has 0 bridgehead atoms. The van der Waals surface area contributed by atoms with Gasteiger partial charge < -0.3 is 14.5 Å². The van der Waals surface area contributed by atoms with Gasteiger partial charge >= 0.3 is 0 Å². The lowest BCUT2D eigenvalue weighted by Gasteiger charge is -2.09. The van der Waals surface area contributed by atoms with Gasteiger partial charge in [0.05, 0.1) is 17.7 Å². The van der Waals surface area contributed by atoms with Gasteiger partial charge in [0.2, 0.25) is 5.91 Å². The maximum Gasteiger partial charge on any atom is 0.270 e. The Morgan fingerprint density at radius 2 is 1.90 bits per heavy atom. The van der Waals surface area contributed by atoms with E-state index >= 15 is 0 Å². The van der Waals surface area contributed by atoms with Gasteiger partial charge in [-0.25, -0.2) is 0 Å². The summed E-state index contributed by atoms with van der Waals surface area (Å²) in [6.07, 6.45) is 2.82. The zero-order valence-corrected chi connectivity index (χ0v) is 15.4. The number of ether oxygens (including phenoxy) is 1. The van der Waals surface area contributed by atoms with Crippen LogP contribution >= 0.6 is 0 Å². The summed E-state index contributed by atoms with van der Waals surface area (Å²) in [7, 11) is 1.53. The Hall–Kier alpha value is -4.13. The van der Waals surface area contributed by atoms with Gasteiger partial charge in [0.25, 0.3) is 5.69 Å². The highest BCUT2D eigenvalue weighted by Crippen LogP contribution is 2.36. The van der Waals surface area contributed by atoms with Gasteiger partial charge in [-0.1, -0.05) is 30.3 Å². The number of carbonyl (C=O) groups is 1. The largest absolute Gasteiger partial charge is 0.495 e. The van der Waals surface area contributed by atoms with Gasteiger partial charge in [0.15, 0.2) is 0 Å². The molecule has 144 valence electrons. The lowest BCUT2D eigenvalue weighted by atomic mass is 10.1. The van der Waals surface area contributed by atoms with Crippen molar-refractivity contribution in [3.05, 3.63) is 82.4 Å². The average Bonchev–Trinajstić information content (AvgIpc) is 3.09. The van der Waals surface area contributed by atoms with Crippen molar-refractivity contribution < 1.29 is 18.9 Å². The van der Waals surface area contributed by atoms with Gasteiger partial charge in [-0.3, -0.25) is 14.9 Å². The number of benzene rings is 3. The number of methoxy groups -OCH3 is 1. The molecule has 7 nitrogen and oxygen atoms in total. The molecule has 0 spiro atoms. The Bertz CT molecular complexity index is 1270. The zero-order chi connectivity index (χ0) is 20.4. The summed E-state index contributed by atoms with van der Waals surface area (Å²) in [4.78, 5) is 22.7. The molecular weight excluding hydrogens is 372 g/mol. The Balaban J connectivity index is 1.61. The SMILES string of the molecule is COc1cc2c(cc1NC(=O)C=Cc1cccc([N+](=O)[O-])c1)oc1ccccc12. The summed E-state index contributed by atoms with van der Waals surface area (Å²) in [5, 5.41) is 15.5. The molecule has 3 aromatic carbocycles. The van der Waals surface area contributed by atoms with E-state index < -0.39 is 10.8 Å². The van der Waals surface area contributed by atoms with Crippen LogP contribution in [0.25, 0.3) is 28.0 Å². The predicted molar refractivity (Wildman–Crippen MR) is 111 cm³/mol. The number of furan rings is 1. The number of nitro groups is 1. The van der Waals surface area contributed by atoms with Crippen molar-refractivity contribution in [2.24, 2.45) is 0 Å². The van der Waals surface area contributed by atoms with E-state index in [0.717, 1.165) is 16.4 Å². The summed E-state index contributed by atoms with van der Waals surface area (Å²) in [5.41, 5.74) is 2.36. The number of carbonyl (C=O) groups excluding carboxylic acids is 1. The fourth-order valence-electron chi connectivity index (χ4n) is 3.11. The Morgan fingerprint density at radius 3 is 2.69 bits per heavy atom. The molecule has 0 fully saturated rings. The lowest BCUT2D eigenvalue weighted by Crippen LogP contribution is -2.08. The molecular formula is C22H16N2O5. The number of nitrogens with zero attached hydrogens (tertiary/aromatic N) is 1. The Labute approximate surface area is 165 Å². The first-order chi connectivity index (χ1) is 14.0. The van der Waals surface area contributed by atoms with Crippen molar-refractivity contribution in [1.82, 2.24) is 0 Å². The maximum atomic E-state index is 12.4. The molecule has 1 aromatic heterocycles. The highest BCUT2D eigenvalue weighted by Gasteiger charge is 2.13. The maximum absolute atomic E-state index is 12.4. The molecule has 1 N–H and O–H groups in total. The van der Waals surface area contributed by atoms with Crippen LogP contribution in [0.1, 0.15) is 5.56 Å². The molecule has 0 aliphatic carbocycles. The molecule has 1 amide bonds. The van der Waals surface area contributed by atoms with Crippen molar-refractivity contribution in [1.29, 1.82) is 0 Å². The molecule has 0 aliphatic heterocycles. The molecule has 0 saturated heterocycles. The van der Waals surface area contributed by atoms with Crippen molar-refractivity contribution >= 4 is 45.3 Å². The molecule has 0 saturated carbocycles. The number of para-hydroxylation sites is 1. The number of amides is 1. The molecule has 4 aromatic rings. The van der Waals surface area contributed by atoms with Gasteiger partial charge in [-0.2, -0.15) is 0 Å². The second-order valence-electron chi connectivity index (χ2n) is 6.32. The first kappa shape index (κ1) is 18.2. The quantitative estimate of drug-likeness (QED) is 0.290. The minimum Gasteiger partial charge on any atom is -0.495 e. The van der Waals surface area contributed by atoms with Crippen LogP contribution in [0.2, 0.25) is 0 Å². The first-order valence-electron chi connectivity index (χ1n) is 8.78. The number of anilines is 1. The van der Waals surface area contributed by atoms with Gasteiger partial charge in [-0.05, 0) is 23.8 Å². The van der Waals surface area contributed by atoms with Crippen LogP contribution in [-0.2, 0) is 4.79 Å². The number of hydrogen-bond donors (Lipinski definition) is 1. The standard InChI is InChI=1S/C22H16N2O5/c1-28-21-12-17-16-7-2-3-8-19(16)29-20(17)13-18(21)23-22(25)10-9-14-5-4-6-15(11-14)24(26)27/h2-13H,1H3,(H,23,25). The predicted octanol–water partition coefficient (Wildman–Crippen LogP) is 5.15. The highest BCUT2D eigenvalue weighted by atomic mass is 16.6. The van der Waals surface area contributed by atoms with E-state index in [1.165, 1.54) is 31.4 Å². The highest BCUT2D eigenvalue weighted by molar-refractivity contribution is 6.09. The molecule has 0 aliphatic rings. The molecule has 29 heavy (non-hydrogen) atoms. The number of rotatable bonds is 5. The van der Waals surface area contributed by atoms with Crippen LogP contribution < -0.4 is 10.1 Å². The summed E-state index contributed by atoms with van der Waals surface area (Å²) < 4.78 is 11.3. The van der Waals surface area contributed by atoms with Gasteiger partial charge in [-0.15, -0.1) is 0 Å². The van der Waals surface area contributed by atoms with E-state index in [1.807, 2.05) is 30.3 Å². The van der Waals surface area contributed by atoms with Crippen molar-refractivity contribution in [2.45, 2.75) is 0 Å². The summed E-state index contributed by atoms with van der Waals surface area (Å²) in [6, 6.07) is 17.2. The summed E-state index contributed by atoms with van der Waals surface area (Å²) in [6.45, 7) is 0. The molecule has 4 rings (SSSR count). The number of hydrogen-bond acceptors (Lipinski definition) is 5. The number of non-ortho nitro benzene ring substituents is 1. The molecule has 0 radical (unpaired) electrons. The molecule has 1 heterocycles. The number of nitrogens with one attached hydrogen (secondary N) is 1. The van der Waals surface area contributed by atoms with Gasteiger partial charge in [0, 0.05) is 35.0 Å². The molecule has 7 heteroatoms. The topological polar surface area (TPSA) is 94.6 Å². The smallest absolute Gasteiger partial charge is 0.270 e. The van der Waals surface area contributed by atoms with Crippen LogP contribution in [0.15, 0.2) is 71.2 Å². The second kappa shape index (κ2) is 7.47. The number of nitro benzene ring substituents is 1. The first-order valence-corrected chi connectivity index (χ1v) is 8.78. The summed E-state index contributed by atoms with van der Waals surface area (Å²) in [5.74, 6) is 0.103. The fourth-order valence-corrected chi connectivity index (χ4v) is 3.11. The van der Waals surface area contributed by atoms with E-state index in [0.29, 0.717) is 22.6 Å². The Kier molecular flexibility index (Phi) is 4.70. The third-order valence-electron chi connectivity index (χ3n) is 4.46. The van der Waals surface area contributed by atoms with Crippen LogP contribution in [-0.4, -0.2) is 17.9 Å². The molecule has 0 atom stereocenters. The number of fused-ring (bicyclic) bond motifs is 3. The van der Waals surface area contributed by atoms with Crippen LogP contribution in [0, 0.1) is 10.1 Å². The van der Waals surface area contributed by atoms with E-state index in [-0.39, 0.29) is 5.69 Å². The van der Waals surface area contributed by atoms with E-state index in [9.17, 15) is 14.9 Å². The molecule has 0 unspecified atom stereocenters. The van der Waals surface area contributed by atoms with Crippen molar-refractivity contribution in [3.8, 4) is 5.75 Å². The monoisotopic (exact) mass is 388 g/mol. The van der Waals surface area contributed by atoms with E-state index in [4.69, 9.17) is 9.15 Å². The minimum atomic E-state index is -0.481. The third kappa shape index (κ3) is 3.66. The minimum absolute atomic E-state index is 0.0374. The van der Waals surface area contributed by atoms with E-state index in [2.05, 4.69) is 5.32 Å². The van der Waals surface area contributed by atoms with Crippen LogP contribution in [0.4, 0.5) is 11.4 Å². The normalized spacial score (nSPS) is 11.2. The van der Waals surface area contributed by atoms with Crippen LogP contribution in [0.5, 0.6) is 5.75 Å². The fraction of sp³-hybridized carbons (Fsp3) is 0.0455. The van der Waals surface area contributed by atoms with Crippen molar-refractivity contribution in [3.63, 3.8) is 0 Å². The average molecular weight is 388 g/mol. The zero-order valence-electron chi connectivity index (χ0n) is 15.4. The third-order valence-corrected chi connectivity index (χ3v) is 4.46. The van der Waals surface area contributed by atoms with E-state index in [1.54, 1.807) is 18.2 Å². The lowest BCUT2D eigenvalue weighted by molar-refractivity contribution is -0.384. The second-order valence-corrected chi connectivity index (χ2v) is 6.32. The van der Waals surface area contributed by atoms with Crippen molar-refractivity contribution in [2.75, 3.05) is 12.4 Å². The van der Waals surface area contributed by atoms with Gasteiger partial charge in [0.1, 0.15) is 16.9 Å². The summed E-state index contributed by atoms with van der Waals surface area (Å²) >= 11 is 0.